The van der Waals surface area contributed by atoms with Gasteiger partial charge in [-0.25, -0.2) is 15.0 Å². The minimum Gasteiger partial charge on any atom is -0.309 e. The molecule has 0 radical (unpaired) electrons. The minimum absolute atomic E-state index is 0.0207. The smallest absolute Gasteiger partial charge is 0.179 e. The topological polar surface area (TPSA) is 43.6 Å². The van der Waals surface area contributed by atoms with Gasteiger partial charge in [-0.05, 0) is 84.3 Å². The molecule has 3 heterocycles. The van der Waals surface area contributed by atoms with E-state index in [0.29, 0.717) is 17.1 Å². The fourth-order valence-corrected chi connectivity index (χ4v) is 15.2. The highest BCUT2D eigenvalue weighted by atomic mass is 28.3. The maximum atomic E-state index is 5.47. The zero-order chi connectivity index (χ0) is 44.4. The van der Waals surface area contributed by atoms with Crippen LogP contribution in [-0.4, -0.2) is 27.6 Å². The largest absolute Gasteiger partial charge is 0.309 e. The number of nitrogens with zero attached hydrogens (tertiary/aromatic N) is 4. The van der Waals surface area contributed by atoms with Crippen LogP contribution in [0.25, 0.3) is 82.5 Å². The van der Waals surface area contributed by atoms with E-state index in [2.05, 4.69) is 250 Å². The molecule has 0 unspecified atom stereocenters. The molecule has 0 spiro atoms. The second-order valence-electron chi connectivity index (χ2n) is 18.4. The molecule has 9 aromatic carbocycles. The zero-order valence-corrected chi connectivity index (χ0v) is 38.2. The molecule has 0 fully saturated rings. The fourth-order valence-electron chi connectivity index (χ4n) is 10.4. The molecular formula is C61H46N4Si. The van der Waals surface area contributed by atoms with E-state index in [-0.39, 0.29) is 5.41 Å². The van der Waals surface area contributed by atoms with Crippen LogP contribution in [-0.2, 0) is 5.41 Å². The molecule has 4 nitrogen and oxygen atoms in total. The predicted octanol–water partition coefficient (Wildman–Crippen LogP) is 12.5. The average Bonchev–Trinajstić information content (AvgIpc) is 3.71. The molecule has 0 aliphatic rings. The molecule has 12 rings (SSSR count). The molecule has 0 aliphatic heterocycles. The average molecular weight is 863 g/mol. The van der Waals surface area contributed by atoms with Crippen molar-refractivity contribution in [2.24, 2.45) is 0 Å². The van der Waals surface area contributed by atoms with Crippen LogP contribution in [0, 0.1) is 0 Å². The van der Waals surface area contributed by atoms with Crippen LogP contribution in [0.5, 0.6) is 0 Å². The van der Waals surface area contributed by atoms with E-state index < -0.39 is 8.07 Å². The molecule has 0 saturated carbocycles. The first-order valence-electron chi connectivity index (χ1n) is 22.8. The number of para-hydroxylation sites is 1. The van der Waals surface area contributed by atoms with Gasteiger partial charge in [0.15, 0.2) is 25.2 Å². The zero-order valence-electron chi connectivity index (χ0n) is 37.2. The van der Waals surface area contributed by atoms with Crippen LogP contribution in [0.15, 0.2) is 224 Å². The Morgan fingerprint density at radius 1 is 0.379 bits per heavy atom. The minimum atomic E-state index is -2.83. The van der Waals surface area contributed by atoms with Crippen molar-refractivity contribution < 1.29 is 0 Å². The van der Waals surface area contributed by atoms with Crippen LogP contribution in [0.4, 0.5) is 0 Å². The standard InChI is InChI=1S/C61H46N4Si/c1-61(2,3)43-35-36-56-53(40-43)55-39-42-38-54(57(55)65(56)44-22-8-4-9-23-44)50-32-17-19-34-52(50)60-63-58(62-59(64-60)51-33-18-16-31-49(42)51)41-21-20-30-48(37-41)66(45-24-10-5-11-25-45,46-26-12-6-13-27-46)47-28-14-7-15-29-47/h4-40H,1-3H3. The monoisotopic (exact) mass is 862 g/mol. The van der Waals surface area contributed by atoms with Crippen molar-refractivity contribution in [2.75, 3.05) is 0 Å². The fraction of sp³-hybridized carbons (Fsp3) is 0.0656. The van der Waals surface area contributed by atoms with Crippen molar-refractivity contribution in [1.29, 1.82) is 0 Å². The third kappa shape index (κ3) is 6.38. The summed E-state index contributed by atoms with van der Waals surface area (Å²) in [6, 6.07) is 82.0. The van der Waals surface area contributed by atoms with Gasteiger partial charge in [-0.1, -0.05) is 209 Å². The van der Waals surface area contributed by atoms with Crippen LogP contribution in [0.1, 0.15) is 26.3 Å². The third-order valence-electron chi connectivity index (χ3n) is 13.5. The Kier molecular flexibility index (Phi) is 9.37. The Labute approximate surface area is 385 Å². The van der Waals surface area contributed by atoms with Crippen LogP contribution < -0.4 is 20.7 Å². The summed E-state index contributed by atoms with van der Waals surface area (Å²) in [5.74, 6) is 0.640. The summed E-state index contributed by atoms with van der Waals surface area (Å²) >= 11 is 0. The SMILES string of the molecule is CC(C)(C)c1ccc2c(c1)c1cc3cc(c4ccccc4c4nc(-c5cccc([Si](c6ccccc6)(c6ccccc6)c6ccccc6)c5)nc(n4)c4ccccc34)c1n2-c1ccccc1. The molecule has 66 heavy (non-hydrogen) atoms. The number of hydrogen-bond donors (Lipinski definition) is 0. The third-order valence-corrected chi connectivity index (χ3v) is 18.3. The van der Waals surface area contributed by atoms with Gasteiger partial charge in [0.05, 0.1) is 11.0 Å². The number of rotatable bonds is 6. The molecule has 0 amide bonds. The first kappa shape index (κ1) is 39.6. The van der Waals surface area contributed by atoms with Gasteiger partial charge in [-0.2, -0.15) is 0 Å². The molecular weight excluding hydrogens is 817 g/mol. The molecule has 0 N–H and O–H groups in total. The van der Waals surface area contributed by atoms with Gasteiger partial charge in [0, 0.05) is 38.2 Å². The van der Waals surface area contributed by atoms with Gasteiger partial charge in [-0.15, -0.1) is 0 Å². The van der Waals surface area contributed by atoms with Crippen molar-refractivity contribution in [3.8, 4) is 17.1 Å². The Balaban J connectivity index is 1.21. The Bertz CT molecular complexity index is 3740. The molecule has 12 aromatic rings. The summed E-state index contributed by atoms with van der Waals surface area (Å²) in [6.45, 7) is 6.87. The van der Waals surface area contributed by atoms with E-state index in [1.54, 1.807) is 0 Å². The van der Waals surface area contributed by atoms with Gasteiger partial charge in [0.1, 0.15) is 0 Å². The van der Waals surface area contributed by atoms with Crippen molar-refractivity contribution in [2.45, 2.75) is 26.2 Å². The van der Waals surface area contributed by atoms with Crippen molar-refractivity contribution in [3.63, 3.8) is 0 Å². The van der Waals surface area contributed by atoms with E-state index in [1.165, 1.54) is 42.6 Å². The van der Waals surface area contributed by atoms with Gasteiger partial charge >= 0.3 is 0 Å². The van der Waals surface area contributed by atoms with E-state index in [1.807, 2.05) is 0 Å². The van der Waals surface area contributed by atoms with Crippen LogP contribution in [0.2, 0.25) is 0 Å². The number of fused-ring (bicyclic) bond motifs is 14. The first-order valence-corrected chi connectivity index (χ1v) is 24.8. The first-order chi connectivity index (χ1) is 32.4. The van der Waals surface area contributed by atoms with Gasteiger partial charge in [0.25, 0.3) is 0 Å². The van der Waals surface area contributed by atoms with Gasteiger partial charge in [0.2, 0.25) is 0 Å². The molecule has 3 aromatic heterocycles. The van der Waals surface area contributed by atoms with Crippen molar-refractivity contribution in [3.05, 3.63) is 230 Å². The summed E-state index contributed by atoms with van der Waals surface area (Å²) in [5.41, 5.74) is 6.96. The highest BCUT2D eigenvalue weighted by Crippen LogP contribution is 2.41. The summed E-state index contributed by atoms with van der Waals surface area (Å²) < 4.78 is 2.45. The molecule has 0 aliphatic carbocycles. The highest BCUT2D eigenvalue weighted by Gasteiger charge is 2.41. The maximum absolute atomic E-state index is 5.47. The van der Waals surface area contributed by atoms with E-state index >= 15 is 0 Å². The Morgan fingerprint density at radius 2 is 0.864 bits per heavy atom. The number of hydrogen-bond acceptors (Lipinski definition) is 3. The Morgan fingerprint density at radius 3 is 1.44 bits per heavy atom. The molecule has 0 atom stereocenters. The van der Waals surface area contributed by atoms with E-state index in [0.717, 1.165) is 49.1 Å². The van der Waals surface area contributed by atoms with Crippen molar-refractivity contribution in [1.82, 2.24) is 19.5 Å². The lowest BCUT2D eigenvalue weighted by Crippen LogP contribution is -2.74. The predicted molar refractivity (Wildman–Crippen MR) is 281 cm³/mol. The van der Waals surface area contributed by atoms with Gasteiger partial charge in [-0.3, -0.25) is 0 Å². The van der Waals surface area contributed by atoms with Crippen LogP contribution >= 0.6 is 0 Å². The number of benzene rings is 9. The lowest BCUT2D eigenvalue weighted by molar-refractivity contribution is 0.591. The van der Waals surface area contributed by atoms with E-state index in [4.69, 9.17) is 15.0 Å². The summed E-state index contributed by atoms with van der Waals surface area (Å²) in [5, 5.41) is 14.0. The molecule has 0 saturated heterocycles. The normalized spacial score (nSPS) is 12.2. The summed E-state index contributed by atoms with van der Waals surface area (Å²) in [4.78, 5) is 16.3. The van der Waals surface area contributed by atoms with E-state index in [9.17, 15) is 0 Å². The molecule has 4 bridgehead atoms. The number of aromatic nitrogens is 4. The quantitative estimate of drug-likeness (QED) is 0.124. The highest BCUT2D eigenvalue weighted by molar-refractivity contribution is 7.19. The summed E-state index contributed by atoms with van der Waals surface area (Å²) in [6.07, 6.45) is 0. The second-order valence-corrected chi connectivity index (χ2v) is 22.2. The lowest BCUT2D eigenvalue weighted by atomic mass is 9.86. The van der Waals surface area contributed by atoms with Crippen molar-refractivity contribution >= 4 is 94.2 Å². The maximum Gasteiger partial charge on any atom is 0.179 e. The van der Waals surface area contributed by atoms with Crippen LogP contribution in [0.3, 0.4) is 0 Å². The second kappa shape index (κ2) is 15.6. The molecule has 5 heteroatoms. The van der Waals surface area contributed by atoms with Gasteiger partial charge < -0.3 is 4.57 Å². The summed E-state index contributed by atoms with van der Waals surface area (Å²) in [7, 11) is -2.83. The Hall–Kier alpha value is -7.99. The molecule has 314 valence electrons. The lowest BCUT2D eigenvalue weighted by Gasteiger charge is -2.34.